The molecule has 4 heteroatoms. The molecule has 0 amide bonds. The van der Waals surface area contributed by atoms with Gasteiger partial charge in [-0.05, 0) is 31.9 Å². The second-order valence-corrected chi connectivity index (χ2v) is 5.58. The summed E-state index contributed by atoms with van der Waals surface area (Å²) < 4.78 is 2.17. The standard InChI is InChI=1S/C11H17N3S/c1-15-7-6-14-11(9-4-5-9)12-10(13-14)8-2-3-8/h8-9H,2-7H2,1H3. The van der Waals surface area contributed by atoms with E-state index in [1.165, 1.54) is 31.5 Å². The van der Waals surface area contributed by atoms with E-state index < -0.39 is 0 Å². The Kier molecular flexibility index (Phi) is 2.47. The van der Waals surface area contributed by atoms with Gasteiger partial charge >= 0.3 is 0 Å². The Hall–Kier alpha value is -0.510. The second-order valence-electron chi connectivity index (χ2n) is 4.59. The summed E-state index contributed by atoms with van der Waals surface area (Å²) in [6.45, 7) is 1.03. The molecule has 3 nitrogen and oxygen atoms in total. The van der Waals surface area contributed by atoms with Crippen molar-refractivity contribution in [3.63, 3.8) is 0 Å². The van der Waals surface area contributed by atoms with Crippen LogP contribution in [0.2, 0.25) is 0 Å². The Labute approximate surface area is 94.7 Å². The predicted octanol–water partition coefficient (Wildman–Crippen LogP) is 2.40. The number of hydrogen-bond donors (Lipinski definition) is 0. The zero-order valence-electron chi connectivity index (χ0n) is 9.15. The van der Waals surface area contributed by atoms with Crippen LogP contribution in [-0.4, -0.2) is 26.8 Å². The van der Waals surface area contributed by atoms with Crippen LogP contribution in [0.1, 0.15) is 49.2 Å². The molecule has 1 heterocycles. The fourth-order valence-electron chi connectivity index (χ4n) is 1.87. The number of nitrogens with zero attached hydrogens (tertiary/aromatic N) is 3. The van der Waals surface area contributed by atoms with Gasteiger partial charge in [-0.2, -0.15) is 16.9 Å². The number of aryl methyl sites for hydroxylation is 1. The molecule has 0 saturated heterocycles. The topological polar surface area (TPSA) is 30.7 Å². The maximum absolute atomic E-state index is 4.73. The van der Waals surface area contributed by atoms with E-state index in [2.05, 4.69) is 16.0 Å². The number of hydrogen-bond acceptors (Lipinski definition) is 3. The van der Waals surface area contributed by atoms with E-state index in [-0.39, 0.29) is 0 Å². The first-order chi connectivity index (χ1) is 7.38. The molecule has 0 atom stereocenters. The summed E-state index contributed by atoms with van der Waals surface area (Å²) in [4.78, 5) is 4.73. The molecule has 2 aliphatic rings. The third-order valence-electron chi connectivity index (χ3n) is 3.11. The molecule has 3 rings (SSSR count). The maximum Gasteiger partial charge on any atom is 0.154 e. The van der Waals surface area contributed by atoms with E-state index in [9.17, 15) is 0 Å². The van der Waals surface area contributed by atoms with Crippen LogP contribution < -0.4 is 0 Å². The van der Waals surface area contributed by atoms with E-state index >= 15 is 0 Å². The fraction of sp³-hybridized carbons (Fsp3) is 0.818. The van der Waals surface area contributed by atoms with Gasteiger partial charge in [0, 0.05) is 17.6 Å². The molecule has 0 aromatic carbocycles. The third-order valence-corrected chi connectivity index (χ3v) is 3.70. The van der Waals surface area contributed by atoms with Gasteiger partial charge in [0.25, 0.3) is 0 Å². The Morgan fingerprint density at radius 2 is 2.00 bits per heavy atom. The summed E-state index contributed by atoms with van der Waals surface area (Å²) in [7, 11) is 0. The molecule has 0 bridgehead atoms. The Morgan fingerprint density at radius 3 is 2.60 bits per heavy atom. The van der Waals surface area contributed by atoms with Crippen LogP contribution in [0.3, 0.4) is 0 Å². The number of rotatable bonds is 5. The second kappa shape index (κ2) is 3.81. The minimum Gasteiger partial charge on any atom is -0.249 e. The molecule has 1 aromatic rings. The summed E-state index contributed by atoms with van der Waals surface area (Å²) in [5, 5.41) is 4.66. The lowest BCUT2D eigenvalue weighted by molar-refractivity contribution is 0.617. The van der Waals surface area contributed by atoms with Crippen LogP contribution in [-0.2, 0) is 6.54 Å². The molecule has 0 N–H and O–H groups in total. The van der Waals surface area contributed by atoms with Gasteiger partial charge in [-0.15, -0.1) is 0 Å². The lowest BCUT2D eigenvalue weighted by atomic mass is 10.4. The van der Waals surface area contributed by atoms with E-state index in [1.807, 2.05) is 11.8 Å². The van der Waals surface area contributed by atoms with Crippen molar-refractivity contribution in [1.82, 2.24) is 14.8 Å². The first kappa shape index (κ1) is 9.70. The minimum atomic E-state index is 0.693. The zero-order valence-corrected chi connectivity index (χ0v) is 9.96. The molecule has 0 aliphatic heterocycles. The van der Waals surface area contributed by atoms with Crippen LogP contribution in [0.25, 0.3) is 0 Å². The van der Waals surface area contributed by atoms with Crippen LogP contribution in [0, 0.1) is 0 Å². The molecule has 82 valence electrons. The normalized spacial score (nSPS) is 20.9. The highest BCUT2D eigenvalue weighted by molar-refractivity contribution is 7.98. The van der Waals surface area contributed by atoms with Gasteiger partial charge < -0.3 is 0 Å². The van der Waals surface area contributed by atoms with Crippen molar-refractivity contribution in [2.24, 2.45) is 0 Å². The van der Waals surface area contributed by atoms with E-state index in [0.29, 0.717) is 5.92 Å². The molecule has 1 aromatic heterocycles. The van der Waals surface area contributed by atoms with Crippen LogP contribution in [0.5, 0.6) is 0 Å². The van der Waals surface area contributed by atoms with Gasteiger partial charge in [0.2, 0.25) is 0 Å². The smallest absolute Gasteiger partial charge is 0.154 e. The average Bonchev–Trinajstić information content (AvgIpc) is 3.12. The molecular weight excluding hydrogens is 206 g/mol. The molecule has 0 unspecified atom stereocenters. The molecule has 0 radical (unpaired) electrons. The largest absolute Gasteiger partial charge is 0.249 e. The highest BCUT2D eigenvalue weighted by atomic mass is 32.2. The fourth-order valence-corrected chi connectivity index (χ4v) is 2.23. The average molecular weight is 223 g/mol. The van der Waals surface area contributed by atoms with Crippen molar-refractivity contribution in [2.75, 3.05) is 12.0 Å². The van der Waals surface area contributed by atoms with E-state index in [1.54, 1.807) is 0 Å². The molecule has 15 heavy (non-hydrogen) atoms. The number of aromatic nitrogens is 3. The summed E-state index contributed by atoms with van der Waals surface area (Å²) in [6.07, 6.45) is 7.40. The van der Waals surface area contributed by atoms with Crippen molar-refractivity contribution in [2.45, 2.75) is 44.1 Å². The Morgan fingerprint density at radius 1 is 1.27 bits per heavy atom. The molecule has 2 saturated carbocycles. The van der Waals surface area contributed by atoms with Crippen molar-refractivity contribution in [3.05, 3.63) is 11.6 Å². The van der Waals surface area contributed by atoms with Gasteiger partial charge in [0.1, 0.15) is 5.82 Å². The number of thioether (sulfide) groups is 1. The lowest BCUT2D eigenvalue weighted by Crippen LogP contribution is -2.06. The van der Waals surface area contributed by atoms with Gasteiger partial charge in [0.15, 0.2) is 5.82 Å². The summed E-state index contributed by atoms with van der Waals surface area (Å²) in [6, 6.07) is 0. The first-order valence-corrected chi connectivity index (χ1v) is 7.21. The zero-order chi connectivity index (χ0) is 10.3. The molecule has 2 fully saturated rings. The van der Waals surface area contributed by atoms with Crippen molar-refractivity contribution in [1.29, 1.82) is 0 Å². The molecular formula is C11H17N3S. The first-order valence-electron chi connectivity index (χ1n) is 5.82. The monoisotopic (exact) mass is 223 g/mol. The van der Waals surface area contributed by atoms with Gasteiger partial charge in [-0.3, -0.25) is 0 Å². The van der Waals surface area contributed by atoms with Crippen LogP contribution in [0.15, 0.2) is 0 Å². The van der Waals surface area contributed by atoms with Gasteiger partial charge in [-0.25, -0.2) is 9.67 Å². The van der Waals surface area contributed by atoms with Gasteiger partial charge in [0.05, 0.1) is 6.54 Å². The SMILES string of the molecule is CSCCn1nc(C2CC2)nc1C1CC1. The Balaban J connectivity index is 1.81. The molecule has 0 spiro atoms. The van der Waals surface area contributed by atoms with E-state index in [4.69, 9.17) is 4.98 Å². The quantitative estimate of drug-likeness (QED) is 0.768. The summed E-state index contributed by atoms with van der Waals surface area (Å²) in [5.74, 6) is 4.96. The third kappa shape index (κ3) is 2.05. The minimum absolute atomic E-state index is 0.693. The highest BCUT2D eigenvalue weighted by Crippen LogP contribution is 2.42. The van der Waals surface area contributed by atoms with Crippen LogP contribution >= 0.6 is 11.8 Å². The van der Waals surface area contributed by atoms with Gasteiger partial charge in [-0.1, -0.05) is 0 Å². The summed E-state index contributed by atoms with van der Waals surface area (Å²) >= 11 is 1.88. The highest BCUT2D eigenvalue weighted by Gasteiger charge is 2.33. The Bertz CT molecular complexity index is 353. The lowest BCUT2D eigenvalue weighted by Gasteiger charge is -2.02. The van der Waals surface area contributed by atoms with Crippen molar-refractivity contribution in [3.8, 4) is 0 Å². The van der Waals surface area contributed by atoms with Crippen molar-refractivity contribution >= 4 is 11.8 Å². The maximum atomic E-state index is 4.73. The summed E-state index contributed by atoms with van der Waals surface area (Å²) in [5.41, 5.74) is 0. The van der Waals surface area contributed by atoms with Crippen LogP contribution in [0.4, 0.5) is 0 Å². The molecule has 2 aliphatic carbocycles. The van der Waals surface area contributed by atoms with E-state index in [0.717, 1.165) is 24.0 Å². The predicted molar refractivity (Wildman–Crippen MR) is 62.4 cm³/mol. The van der Waals surface area contributed by atoms with Crippen molar-refractivity contribution < 1.29 is 0 Å².